The summed E-state index contributed by atoms with van der Waals surface area (Å²) in [7, 11) is 0. The summed E-state index contributed by atoms with van der Waals surface area (Å²) in [6.45, 7) is 4.21. The summed E-state index contributed by atoms with van der Waals surface area (Å²) in [6.07, 6.45) is 3.10. The van der Waals surface area contributed by atoms with Gasteiger partial charge in [0.25, 0.3) is 0 Å². The number of thioether (sulfide) groups is 2. The van der Waals surface area contributed by atoms with Crippen molar-refractivity contribution in [2.75, 3.05) is 18.1 Å². The molecule has 1 saturated heterocycles. The molecule has 1 heterocycles. The van der Waals surface area contributed by atoms with E-state index < -0.39 is 0 Å². The Balaban J connectivity index is 1.97. The van der Waals surface area contributed by atoms with E-state index in [9.17, 15) is 0 Å². The zero-order valence-corrected chi connectivity index (χ0v) is 10.9. The van der Waals surface area contributed by atoms with Gasteiger partial charge < -0.3 is 4.74 Å². The predicted molar refractivity (Wildman–Crippen MR) is 74.4 cm³/mol. The average Bonchev–Trinajstić information content (AvgIpc) is 2.38. The van der Waals surface area contributed by atoms with Gasteiger partial charge in [0, 0.05) is 0 Å². The van der Waals surface area contributed by atoms with Crippen LogP contribution in [0.1, 0.15) is 16.6 Å². The topological polar surface area (TPSA) is 9.23 Å². The van der Waals surface area contributed by atoms with Crippen LogP contribution in [0.4, 0.5) is 0 Å². The van der Waals surface area contributed by atoms with Gasteiger partial charge in [-0.1, -0.05) is 24.8 Å². The molecule has 0 bridgehead atoms. The van der Waals surface area contributed by atoms with Crippen molar-refractivity contribution in [2.45, 2.75) is 11.0 Å². The van der Waals surface area contributed by atoms with Crippen molar-refractivity contribution in [1.82, 2.24) is 0 Å². The monoisotopic (exact) mass is 252 g/mol. The number of hydrogen-bond acceptors (Lipinski definition) is 3. The Hall–Kier alpha value is -0.540. The van der Waals surface area contributed by atoms with Crippen molar-refractivity contribution in [3.05, 3.63) is 42.5 Å². The quantitative estimate of drug-likeness (QED) is 0.746. The van der Waals surface area contributed by atoms with Crippen LogP contribution in [-0.4, -0.2) is 18.1 Å². The fourth-order valence-electron chi connectivity index (χ4n) is 1.56. The van der Waals surface area contributed by atoms with Crippen molar-refractivity contribution >= 4 is 23.5 Å². The lowest BCUT2D eigenvalue weighted by Gasteiger charge is -2.21. The Labute approximate surface area is 106 Å². The van der Waals surface area contributed by atoms with Crippen LogP contribution in [0.5, 0.6) is 5.75 Å². The van der Waals surface area contributed by atoms with Crippen LogP contribution in [0.2, 0.25) is 0 Å². The molecule has 1 aliphatic rings. The van der Waals surface area contributed by atoms with Crippen LogP contribution in [-0.2, 0) is 0 Å². The second kappa shape index (κ2) is 6.26. The number of rotatable bonds is 4. The molecule has 1 nitrogen and oxygen atoms in total. The van der Waals surface area contributed by atoms with E-state index in [2.05, 4.69) is 30.8 Å². The Morgan fingerprint density at radius 1 is 1.25 bits per heavy atom. The van der Waals surface area contributed by atoms with Gasteiger partial charge in [-0.15, -0.1) is 23.5 Å². The third kappa shape index (κ3) is 3.22. The standard InChI is InChI=1S/C13H16OS2/c1-2-8-14-12-6-4-11(5-7-12)13-15-9-3-10-16-13/h2,4-7,13H,1,3,8-10H2. The van der Waals surface area contributed by atoms with Gasteiger partial charge in [-0.3, -0.25) is 0 Å². The Morgan fingerprint density at radius 2 is 1.94 bits per heavy atom. The summed E-state index contributed by atoms with van der Waals surface area (Å²) in [4.78, 5) is 0. The maximum absolute atomic E-state index is 5.47. The number of benzene rings is 1. The first-order valence-electron chi connectivity index (χ1n) is 5.47. The van der Waals surface area contributed by atoms with E-state index in [1.165, 1.54) is 23.5 Å². The molecule has 1 aliphatic heterocycles. The summed E-state index contributed by atoms with van der Waals surface area (Å²) in [6, 6.07) is 8.45. The molecule has 1 aromatic rings. The maximum Gasteiger partial charge on any atom is 0.119 e. The Morgan fingerprint density at radius 3 is 2.56 bits per heavy atom. The van der Waals surface area contributed by atoms with Crippen molar-refractivity contribution in [2.24, 2.45) is 0 Å². The van der Waals surface area contributed by atoms with Crippen molar-refractivity contribution in [3.63, 3.8) is 0 Å². The van der Waals surface area contributed by atoms with Crippen LogP contribution in [0.25, 0.3) is 0 Å². The largest absolute Gasteiger partial charge is 0.490 e. The molecule has 2 rings (SSSR count). The highest BCUT2D eigenvalue weighted by molar-refractivity contribution is 8.16. The zero-order chi connectivity index (χ0) is 11.2. The van der Waals surface area contributed by atoms with Gasteiger partial charge in [-0.2, -0.15) is 0 Å². The predicted octanol–water partition coefficient (Wildman–Crippen LogP) is 4.12. The smallest absolute Gasteiger partial charge is 0.119 e. The van der Waals surface area contributed by atoms with Gasteiger partial charge in [-0.25, -0.2) is 0 Å². The summed E-state index contributed by atoms with van der Waals surface area (Å²) in [5, 5.41) is 0. The minimum atomic E-state index is 0.576. The highest BCUT2D eigenvalue weighted by Crippen LogP contribution is 2.43. The van der Waals surface area contributed by atoms with Gasteiger partial charge >= 0.3 is 0 Å². The fourth-order valence-corrected chi connectivity index (χ4v) is 4.45. The molecule has 0 radical (unpaired) electrons. The summed E-state index contributed by atoms with van der Waals surface area (Å²) < 4.78 is 6.08. The van der Waals surface area contributed by atoms with Crippen molar-refractivity contribution in [3.8, 4) is 5.75 Å². The summed E-state index contributed by atoms with van der Waals surface area (Å²) in [5.41, 5.74) is 1.40. The summed E-state index contributed by atoms with van der Waals surface area (Å²) in [5.74, 6) is 3.49. The van der Waals surface area contributed by atoms with Gasteiger partial charge in [-0.05, 0) is 35.6 Å². The fraction of sp³-hybridized carbons (Fsp3) is 0.385. The normalized spacial score (nSPS) is 17.0. The molecular weight excluding hydrogens is 236 g/mol. The zero-order valence-electron chi connectivity index (χ0n) is 9.22. The lowest BCUT2D eigenvalue weighted by molar-refractivity contribution is 0.363. The lowest BCUT2D eigenvalue weighted by Crippen LogP contribution is -2.00. The Kier molecular flexibility index (Phi) is 4.67. The molecule has 16 heavy (non-hydrogen) atoms. The van der Waals surface area contributed by atoms with Crippen LogP contribution in [0.15, 0.2) is 36.9 Å². The van der Waals surface area contributed by atoms with E-state index >= 15 is 0 Å². The second-order valence-corrected chi connectivity index (χ2v) is 6.32. The van der Waals surface area contributed by atoms with Crippen LogP contribution < -0.4 is 4.74 Å². The highest BCUT2D eigenvalue weighted by atomic mass is 32.2. The molecule has 0 saturated carbocycles. The van der Waals surface area contributed by atoms with Gasteiger partial charge in [0.1, 0.15) is 12.4 Å². The van der Waals surface area contributed by atoms with E-state index in [4.69, 9.17) is 4.74 Å². The van der Waals surface area contributed by atoms with E-state index in [0.29, 0.717) is 11.2 Å². The third-order valence-corrected chi connectivity index (χ3v) is 5.36. The van der Waals surface area contributed by atoms with Crippen LogP contribution >= 0.6 is 23.5 Å². The second-order valence-electron chi connectivity index (χ2n) is 3.60. The van der Waals surface area contributed by atoms with Crippen molar-refractivity contribution in [1.29, 1.82) is 0 Å². The van der Waals surface area contributed by atoms with Crippen LogP contribution in [0.3, 0.4) is 0 Å². The summed E-state index contributed by atoms with van der Waals surface area (Å²) >= 11 is 4.09. The van der Waals surface area contributed by atoms with Crippen LogP contribution in [0, 0.1) is 0 Å². The maximum atomic E-state index is 5.47. The molecular formula is C13H16OS2. The SMILES string of the molecule is C=CCOc1ccc(C2SCCCS2)cc1. The highest BCUT2D eigenvalue weighted by Gasteiger charge is 2.16. The van der Waals surface area contributed by atoms with E-state index in [1.54, 1.807) is 6.08 Å². The molecule has 0 N–H and O–H groups in total. The Bertz CT molecular complexity index is 328. The molecule has 0 amide bonds. The van der Waals surface area contributed by atoms with Gasteiger partial charge in [0.2, 0.25) is 0 Å². The molecule has 1 aromatic carbocycles. The molecule has 86 valence electrons. The lowest BCUT2D eigenvalue weighted by atomic mass is 10.2. The number of hydrogen-bond donors (Lipinski definition) is 0. The molecule has 0 aliphatic carbocycles. The molecule has 0 spiro atoms. The average molecular weight is 252 g/mol. The first-order chi connectivity index (χ1) is 7.90. The third-order valence-electron chi connectivity index (χ3n) is 2.35. The van der Waals surface area contributed by atoms with E-state index in [-0.39, 0.29) is 0 Å². The molecule has 0 aromatic heterocycles. The first kappa shape index (κ1) is 11.9. The molecule has 3 heteroatoms. The molecule has 1 fully saturated rings. The van der Waals surface area contributed by atoms with E-state index in [1.807, 2.05) is 23.5 Å². The first-order valence-corrected chi connectivity index (χ1v) is 7.57. The molecule has 0 unspecified atom stereocenters. The van der Waals surface area contributed by atoms with Gasteiger partial charge in [0.05, 0.1) is 4.58 Å². The minimum absolute atomic E-state index is 0.576. The van der Waals surface area contributed by atoms with Gasteiger partial charge in [0.15, 0.2) is 0 Å². The molecule has 0 atom stereocenters. The van der Waals surface area contributed by atoms with E-state index in [0.717, 1.165) is 5.75 Å². The minimum Gasteiger partial charge on any atom is -0.490 e. The van der Waals surface area contributed by atoms with Crippen molar-refractivity contribution < 1.29 is 4.74 Å². The number of ether oxygens (including phenoxy) is 1.